The van der Waals surface area contributed by atoms with E-state index in [1.54, 1.807) is 0 Å². The summed E-state index contributed by atoms with van der Waals surface area (Å²) >= 11 is 5.56. The van der Waals surface area contributed by atoms with Crippen LogP contribution in [-0.2, 0) is 10.0 Å². The summed E-state index contributed by atoms with van der Waals surface area (Å²) in [5.41, 5.74) is -0.575. The van der Waals surface area contributed by atoms with Gasteiger partial charge in [0.25, 0.3) is 10.0 Å². The molecule has 0 radical (unpaired) electrons. The van der Waals surface area contributed by atoms with Crippen LogP contribution in [0.2, 0.25) is 5.02 Å². The van der Waals surface area contributed by atoms with Gasteiger partial charge in [-0.2, -0.15) is 0 Å². The highest BCUT2D eigenvalue weighted by Gasteiger charge is 2.19. The van der Waals surface area contributed by atoms with Crippen molar-refractivity contribution >= 4 is 33.3 Å². The number of carboxylic acid groups (broad SMARTS) is 1. The number of aromatic carboxylic acids is 1. The van der Waals surface area contributed by atoms with Gasteiger partial charge in [-0.15, -0.1) is 0 Å². The topological polar surface area (TPSA) is 99.3 Å². The predicted octanol–water partition coefficient (Wildman–Crippen LogP) is 2.31. The van der Waals surface area contributed by atoms with Gasteiger partial charge in [-0.1, -0.05) is 11.6 Å². The lowest BCUT2D eigenvalue weighted by atomic mass is 10.3. The van der Waals surface area contributed by atoms with Crippen LogP contribution in [0.4, 0.5) is 10.1 Å². The molecule has 0 aliphatic heterocycles. The lowest BCUT2D eigenvalue weighted by Gasteiger charge is -2.07. The first-order chi connectivity index (χ1) is 9.29. The van der Waals surface area contributed by atoms with Crippen LogP contribution in [0.3, 0.4) is 0 Å². The number of carbonyl (C=O) groups is 1. The summed E-state index contributed by atoms with van der Waals surface area (Å²) < 4.78 is 39.4. The van der Waals surface area contributed by atoms with Crippen LogP contribution < -0.4 is 4.72 Å². The van der Waals surface area contributed by atoms with Crippen molar-refractivity contribution in [3.05, 3.63) is 47.0 Å². The fourth-order valence-corrected chi connectivity index (χ4v) is 2.65. The largest absolute Gasteiger partial charge is 0.477 e. The maximum Gasteiger partial charge on any atom is 0.352 e. The molecule has 3 N–H and O–H groups in total. The second kappa shape index (κ2) is 5.14. The van der Waals surface area contributed by atoms with Crippen molar-refractivity contribution in [3.63, 3.8) is 0 Å². The van der Waals surface area contributed by atoms with Crippen LogP contribution in [0.15, 0.2) is 35.4 Å². The molecular weight excluding hydrogens is 311 g/mol. The van der Waals surface area contributed by atoms with E-state index in [1.807, 2.05) is 4.72 Å². The van der Waals surface area contributed by atoms with Gasteiger partial charge in [0, 0.05) is 11.2 Å². The van der Waals surface area contributed by atoms with Crippen LogP contribution >= 0.6 is 11.6 Å². The van der Waals surface area contributed by atoms with Crippen molar-refractivity contribution in [2.24, 2.45) is 0 Å². The number of hydrogen-bond donors (Lipinski definition) is 3. The summed E-state index contributed by atoms with van der Waals surface area (Å²) in [5.74, 6) is -2.14. The molecule has 6 nitrogen and oxygen atoms in total. The third-order valence-corrected chi connectivity index (χ3v) is 3.95. The third-order valence-electron chi connectivity index (χ3n) is 2.37. The molecule has 0 atom stereocenters. The number of rotatable bonds is 4. The zero-order chi connectivity index (χ0) is 14.9. The zero-order valence-electron chi connectivity index (χ0n) is 9.72. The van der Waals surface area contributed by atoms with Gasteiger partial charge >= 0.3 is 5.97 Å². The number of aromatic amines is 1. The molecule has 2 rings (SSSR count). The highest BCUT2D eigenvalue weighted by Crippen LogP contribution is 2.22. The highest BCUT2D eigenvalue weighted by molar-refractivity contribution is 7.92. The Morgan fingerprint density at radius 3 is 2.60 bits per heavy atom. The summed E-state index contributed by atoms with van der Waals surface area (Å²) in [4.78, 5) is 12.6. The van der Waals surface area contributed by atoms with Crippen molar-refractivity contribution in [1.82, 2.24) is 4.98 Å². The van der Waals surface area contributed by atoms with Gasteiger partial charge < -0.3 is 10.1 Å². The fourth-order valence-electron chi connectivity index (χ4n) is 1.43. The van der Waals surface area contributed by atoms with E-state index in [2.05, 4.69) is 4.98 Å². The van der Waals surface area contributed by atoms with Crippen molar-refractivity contribution < 1.29 is 22.7 Å². The van der Waals surface area contributed by atoms with E-state index in [0.29, 0.717) is 0 Å². The lowest BCUT2D eigenvalue weighted by Crippen LogP contribution is -2.13. The van der Waals surface area contributed by atoms with Crippen molar-refractivity contribution in [3.8, 4) is 0 Å². The second-order valence-corrected chi connectivity index (χ2v) is 5.90. The number of halogens is 2. The quantitative estimate of drug-likeness (QED) is 0.805. The standard InChI is InChI=1S/C11H8ClFN2O4S/c12-6-1-2-9(8(13)3-6)15-20(18,19)7-4-10(11(16)17)14-5-7/h1-5,14-15H,(H,16,17). The van der Waals surface area contributed by atoms with E-state index in [0.717, 1.165) is 18.3 Å². The molecule has 106 valence electrons. The van der Waals surface area contributed by atoms with Crippen LogP contribution in [0.5, 0.6) is 0 Å². The highest BCUT2D eigenvalue weighted by atomic mass is 35.5. The number of H-pyrrole nitrogens is 1. The molecule has 0 saturated carbocycles. The van der Waals surface area contributed by atoms with Crippen LogP contribution in [0.25, 0.3) is 0 Å². The minimum atomic E-state index is -4.09. The Hall–Kier alpha value is -2.06. The summed E-state index contributed by atoms with van der Waals surface area (Å²) in [6, 6.07) is 4.37. The molecule has 1 aromatic heterocycles. The minimum absolute atomic E-state index is 0.125. The normalized spacial score (nSPS) is 11.3. The van der Waals surface area contributed by atoms with Gasteiger partial charge in [0.15, 0.2) is 0 Å². The number of hydrogen-bond acceptors (Lipinski definition) is 3. The maximum atomic E-state index is 13.5. The van der Waals surface area contributed by atoms with Gasteiger partial charge in [0.05, 0.1) is 5.69 Å². The smallest absolute Gasteiger partial charge is 0.352 e. The van der Waals surface area contributed by atoms with E-state index < -0.39 is 21.8 Å². The van der Waals surface area contributed by atoms with E-state index in [1.165, 1.54) is 12.1 Å². The van der Waals surface area contributed by atoms with Crippen LogP contribution in [-0.4, -0.2) is 24.5 Å². The Kier molecular flexibility index (Phi) is 3.69. The van der Waals surface area contributed by atoms with Crippen LogP contribution in [0.1, 0.15) is 10.5 Å². The third kappa shape index (κ3) is 2.91. The number of sulfonamides is 1. The molecule has 2 aromatic rings. The van der Waals surface area contributed by atoms with Gasteiger partial charge in [-0.3, -0.25) is 4.72 Å². The van der Waals surface area contributed by atoms with E-state index in [4.69, 9.17) is 16.7 Å². The first kappa shape index (κ1) is 14.4. The van der Waals surface area contributed by atoms with E-state index in [-0.39, 0.29) is 21.3 Å². The molecule has 0 aliphatic rings. The first-order valence-electron chi connectivity index (χ1n) is 5.19. The Labute approximate surface area is 118 Å². The molecule has 0 fully saturated rings. The summed E-state index contributed by atoms with van der Waals surface area (Å²) in [6.45, 7) is 0. The molecule has 0 amide bonds. The SMILES string of the molecule is O=C(O)c1cc(S(=O)(=O)Nc2ccc(Cl)cc2F)c[nH]1. The minimum Gasteiger partial charge on any atom is -0.477 e. The molecule has 0 bridgehead atoms. The molecular formula is C11H8ClFN2O4S. The van der Waals surface area contributed by atoms with E-state index >= 15 is 0 Å². The Bertz CT molecular complexity index is 772. The molecule has 0 aliphatic carbocycles. The molecule has 0 unspecified atom stereocenters. The van der Waals surface area contributed by atoms with Crippen molar-refractivity contribution in [2.45, 2.75) is 4.90 Å². The lowest BCUT2D eigenvalue weighted by molar-refractivity contribution is 0.0691. The molecule has 9 heteroatoms. The average molecular weight is 319 g/mol. The van der Waals surface area contributed by atoms with Gasteiger partial charge in [0.1, 0.15) is 16.4 Å². The number of aromatic nitrogens is 1. The molecule has 20 heavy (non-hydrogen) atoms. The average Bonchev–Trinajstić information content (AvgIpc) is 2.83. The second-order valence-electron chi connectivity index (χ2n) is 3.78. The maximum absolute atomic E-state index is 13.5. The molecule has 0 spiro atoms. The van der Waals surface area contributed by atoms with Gasteiger partial charge in [0.2, 0.25) is 0 Å². The fraction of sp³-hybridized carbons (Fsp3) is 0. The van der Waals surface area contributed by atoms with Crippen LogP contribution in [0, 0.1) is 5.82 Å². The van der Waals surface area contributed by atoms with Crippen molar-refractivity contribution in [2.75, 3.05) is 4.72 Å². The Balaban J connectivity index is 2.33. The molecule has 1 aromatic carbocycles. The number of anilines is 1. The zero-order valence-corrected chi connectivity index (χ0v) is 11.3. The monoisotopic (exact) mass is 318 g/mol. The summed E-state index contributed by atoms with van der Waals surface area (Å²) in [5, 5.41) is 8.83. The van der Waals surface area contributed by atoms with Gasteiger partial charge in [-0.05, 0) is 24.3 Å². The Morgan fingerprint density at radius 1 is 1.35 bits per heavy atom. The van der Waals surface area contributed by atoms with Crippen molar-refractivity contribution in [1.29, 1.82) is 0 Å². The number of nitrogens with one attached hydrogen (secondary N) is 2. The predicted molar refractivity (Wildman–Crippen MR) is 70.0 cm³/mol. The Morgan fingerprint density at radius 2 is 2.05 bits per heavy atom. The number of carboxylic acids is 1. The summed E-state index contributed by atoms with van der Waals surface area (Å²) in [7, 11) is -4.09. The first-order valence-corrected chi connectivity index (χ1v) is 7.05. The van der Waals surface area contributed by atoms with E-state index in [9.17, 15) is 17.6 Å². The number of benzene rings is 1. The molecule has 0 saturated heterocycles. The molecule has 1 heterocycles. The van der Waals surface area contributed by atoms with Gasteiger partial charge in [-0.25, -0.2) is 17.6 Å². The summed E-state index contributed by atoms with van der Waals surface area (Å²) in [6.07, 6.45) is 1.000.